The van der Waals surface area contributed by atoms with Crippen molar-refractivity contribution in [2.45, 2.75) is 20.1 Å². The van der Waals surface area contributed by atoms with Gasteiger partial charge in [-0.1, -0.05) is 5.57 Å². The Labute approximate surface area is 66.1 Å². The first kappa shape index (κ1) is 7.94. The molecular weight excluding hydrogens is 140 g/mol. The van der Waals surface area contributed by atoms with Crippen LogP contribution < -0.4 is 5.84 Å². The molecule has 0 radical (unpaired) electrons. The molecule has 1 rings (SSSR count). The van der Waals surface area contributed by atoms with Gasteiger partial charge in [0.1, 0.15) is 0 Å². The Balaban J connectivity index is 2.54. The number of rotatable bonds is 2. The summed E-state index contributed by atoms with van der Waals surface area (Å²) < 4.78 is 0. The van der Waals surface area contributed by atoms with Gasteiger partial charge in [-0.2, -0.15) is 0 Å². The lowest BCUT2D eigenvalue weighted by Crippen LogP contribution is -2.33. The Kier molecular flexibility index (Phi) is 2.38. The van der Waals surface area contributed by atoms with Gasteiger partial charge in [-0.3, -0.25) is 5.01 Å². The normalized spacial score (nSPS) is 15.5. The van der Waals surface area contributed by atoms with Gasteiger partial charge in [0.25, 0.3) is 0 Å². The Hall–Kier alpha value is -1.16. The number of hydrogen-bond acceptors (Lipinski definition) is 4. The summed E-state index contributed by atoms with van der Waals surface area (Å²) in [7, 11) is 0. The predicted molar refractivity (Wildman–Crippen MR) is 46.2 cm³/mol. The SMILES string of the molecule is CC(C)=CN(N)C1N=CC=N1. The summed E-state index contributed by atoms with van der Waals surface area (Å²) in [4.78, 5) is 8.00. The van der Waals surface area contributed by atoms with Crippen LogP contribution in [0.5, 0.6) is 0 Å². The molecule has 0 atom stereocenters. The number of hydrazine groups is 1. The van der Waals surface area contributed by atoms with E-state index >= 15 is 0 Å². The molecule has 0 aromatic heterocycles. The van der Waals surface area contributed by atoms with E-state index in [1.54, 1.807) is 12.4 Å². The molecule has 4 heteroatoms. The molecule has 0 fully saturated rings. The number of nitrogens with two attached hydrogens (primary N) is 1. The predicted octanol–water partition coefficient (Wildman–Crippen LogP) is 0.525. The maximum Gasteiger partial charge on any atom is 0.229 e. The van der Waals surface area contributed by atoms with Crippen LogP contribution in [0.2, 0.25) is 0 Å². The van der Waals surface area contributed by atoms with Crippen LogP contribution in [-0.2, 0) is 0 Å². The van der Waals surface area contributed by atoms with Crippen LogP contribution in [0.3, 0.4) is 0 Å². The first-order valence-corrected chi connectivity index (χ1v) is 3.43. The summed E-state index contributed by atoms with van der Waals surface area (Å²) in [6.45, 7) is 3.95. The van der Waals surface area contributed by atoms with Crippen LogP contribution in [0.25, 0.3) is 0 Å². The fraction of sp³-hybridized carbons (Fsp3) is 0.429. The molecule has 2 N–H and O–H groups in total. The highest BCUT2D eigenvalue weighted by atomic mass is 15.5. The summed E-state index contributed by atoms with van der Waals surface area (Å²) in [6, 6.07) is 0. The molecule has 0 saturated heterocycles. The van der Waals surface area contributed by atoms with E-state index in [9.17, 15) is 0 Å². The molecule has 0 saturated carbocycles. The first-order chi connectivity index (χ1) is 5.20. The summed E-state index contributed by atoms with van der Waals surface area (Å²) >= 11 is 0. The molecule has 11 heavy (non-hydrogen) atoms. The van der Waals surface area contributed by atoms with Crippen molar-refractivity contribution in [3.63, 3.8) is 0 Å². The molecule has 0 spiro atoms. The smallest absolute Gasteiger partial charge is 0.229 e. The van der Waals surface area contributed by atoms with E-state index in [0.717, 1.165) is 5.57 Å². The topological polar surface area (TPSA) is 54.0 Å². The van der Waals surface area contributed by atoms with Crippen molar-refractivity contribution in [1.82, 2.24) is 5.01 Å². The van der Waals surface area contributed by atoms with Crippen molar-refractivity contribution in [3.8, 4) is 0 Å². The zero-order valence-corrected chi connectivity index (χ0v) is 6.73. The van der Waals surface area contributed by atoms with Gasteiger partial charge in [-0.05, 0) is 13.8 Å². The second-order valence-corrected chi connectivity index (χ2v) is 2.60. The maximum atomic E-state index is 5.61. The second-order valence-electron chi connectivity index (χ2n) is 2.60. The maximum absolute atomic E-state index is 5.61. The van der Waals surface area contributed by atoms with Crippen molar-refractivity contribution < 1.29 is 0 Å². The molecule has 0 unspecified atom stereocenters. The van der Waals surface area contributed by atoms with Gasteiger partial charge in [0, 0.05) is 18.6 Å². The Morgan fingerprint density at radius 1 is 1.45 bits per heavy atom. The van der Waals surface area contributed by atoms with E-state index in [0.29, 0.717) is 0 Å². The van der Waals surface area contributed by atoms with Gasteiger partial charge in [0.15, 0.2) is 0 Å². The number of nitrogens with zero attached hydrogens (tertiary/aromatic N) is 3. The largest absolute Gasteiger partial charge is 0.275 e. The molecule has 0 bridgehead atoms. The lowest BCUT2D eigenvalue weighted by atomic mass is 10.4. The van der Waals surface area contributed by atoms with Crippen LogP contribution in [-0.4, -0.2) is 23.7 Å². The van der Waals surface area contributed by atoms with Crippen LogP contribution in [0, 0.1) is 0 Å². The van der Waals surface area contributed by atoms with Crippen LogP contribution in [0.1, 0.15) is 13.8 Å². The second kappa shape index (κ2) is 3.30. The summed E-state index contributed by atoms with van der Waals surface area (Å²) in [5.74, 6) is 5.61. The van der Waals surface area contributed by atoms with Crippen molar-refractivity contribution in [2.24, 2.45) is 15.8 Å². The number of allylic oxidation sites excluding steroid dienone is 1. The average Bonchev–Trinajstić information content (AvgIpc) is 2.35. The van der Waals surface area contributed by atoms with Crippen molar-refractivity contribution in [1.29, 1.82) is 0 Å². The van der Waals surface area contributed by atoms with Crippen molar-refractivity contribution in [3.05, 3.63) is 11.8 Å². The minimum atomic E-state index is -0.259. The van der Waals surface area contributed by atoms with Gasteiger partial charge < -0.3 is 0 Å². The fourth-order valence-electron chi connectivity index (χ4n) is 0.788. The van der Waals surface area contributed by atoms with E-state index in [2.05, 4.69) is 9.98 Å². The van der Waals surface area contributed by atoms with Gasteiger partial charge in [-0.25, -0.2) is 15.8 Å². The lowest BCUT2D eigenvalue weighted by Gasteiger charge is -2.16. The van der Waals surface area contributed by atoms with Crippen molar-refractivity contribution >= 4 is 12.4 Å². The molecular formula is C7H12N4. The molecule has 1 heterocycles. The molecule has 1 aliphatic heterocycles. The fourth-order valence-corrected chi connectivity index (χ4v) is 0.788. The first-order valence-electron chi connectivity index (χ1n) is 3.43. The van der Waals surface area contributed by atoms with Crippen LogP contribution in [0.15, 0.2) is 21.8 Å². The molecule has 0 aliphatic carbocycles. The molecule has 1 aliphatic rings. The lowest BCUT2D eigenvalue weighted by molar-refractivity contribution is 0.304. The molecule has 4 nitrogen and oxygen atoms in total. The van der Waals surface area contributed by atoms with E-state index in [1.165, 1.54) is 5.01 Å². The average molecular weight is 152 g/mol. The van der Waals surface area contributed by atoms with E-state index < -0.39 is 0 Å². The summed E-state index contributed by atoms with van der Waals surface area (Å²) in [5, 5.41) is 1.48. The number of hydrogen-bond donors (Lipinski definition) is 1. The Morgan fingerprint density at radius 2 is 2.00 bits per heavy atom. The molecule has 60 valence electrons. The minimum Gasteiger partial charge on any atom is -0.275 e. The minimum absolute atomic E-state index is 0.259. The van der Waals surface area contributed by atoms with Crippen LogP contribution >= 0.6 is 0 Å². The summed E-state index contributed by atoms with van der Waals surface area (Å²) in [6.07, 6.45) is 4.84. The van der Waals surface area contributed by atoms with E-state index in [4.69, 9.17) is 5.84 Å². The highest BCUT2D eigenvalue weighted by Crippen LogP contribution is 2.02. The molecule has 0 aromatic carbocycles. The van der Waals surface area contributed by atoms with Gasteiger partial charge in [0.05, 0.1) is 0 Å². The van der Waals surface area contributed by atoms with E-state index in [-0.39, 0.29) is 6.29 Å². The summed E-state index contributed by atoms with van der Waals surface area (Å²) in [5.41, 5.74) is 1.13. The van der Waals surface area contributed by atoms with E-state index in [1.807, 2.05) is 20.0 Å². The quantitative estimate of drug-likeness (QED) is 0.463. The zero-order chi connectivity index (χ0) is 8.27. The third-order valence-corrected chi connectivity index (χ3v) is 1.18. The highest BCUT2D eigenvalue weighted by Gasteiger charge is 2.08. The van der Waals surface area contributed by atoms with Gasteiger partial charge >= 0.3 is 0 Å². The molecule has 0 aromatic rings. The highest BCUT2D eigenvalue weighted by molar-refractivity contribution is 6.17. The third kappa shape index (κ3) is 2.16. The molecule has 0 amide bonds. The van der Waals surface area contributed by atoms with Gasteiger partial charge in [0.2, 0.25) is 6.29 Å². The monoisotopic (exact) mass is 152 g/mol. The third-order valence-electron chi connectivity index (χ3n) is 1.18. The van der Waals surface area contributed by atoms with Crippen molar-refractivity contribution in [2.75, 3.05) is 0 Å². The standard InChI is InChI=1S/C7H12N4/c1-6(2)5-11(8)7-9-3-4-10-7/h3-5,7H,8H2,1-2H3. The zero-order valence-electron chi connectivity index (χ0n) is 6.73. The number of aliphatic imine (C=N–C) groups is 2. The Bertz CT molecular complexity index is 200. The van der Waals surface area contributed by atoms with Gasteiger partial charge in [-0.15, -0.1) is 0 Å². The van der Waals surface area contributed by atoms with Crippen LogP contribution in [0.4, 0.5) is 0 Å². The Morgan fingerprint density at radius 3 is 2.45 bits per heavy atom.